The van der Waals surface area contributed by atoms with Crippen LogP contribution in [0, 0.1) is 5.92 Å². The first-order valence-corrected chi connectivity index (χ1v) is 22.4. The minimum absolute atomic E-state index is 0.121. The largest absolute Gasteiger partial charge is 0.494 e. The highest BCUT2D eigenvalue weighted by molar-refractivity contribution is 6.06. The standard InChI is InChI=1S/C45H57N13O8/c1-4-66-45(64)29-23-49-37(21-33(29)51-32-9-5-8-28(39(32)65-3)40-50-25-55(2)54-40)52-36-13-11-26(22-48-36)41(60)47-16-15-31(46)44(63)57-19-17-56(18-20-57)34-10-6-7-27-30(34)24-58(43(27)62)35-12-14-38(59)53-42(35)61/h5-10,21,23,26,31,35-36,48H,4,11-20,22,24-25,46H2,1-3H3,(H,47,60)(H,50,54)(H2,49,51,52)(H,53,59,61)/t26?,31-,35?,36?/m0/s1. The molecule has 2 aromatic carbocycles. The van der Waals surface area contributed by atoms with Crippen LogP contribution in [-0.2, 0) is 30.5 Å². The smallest absolute Gasteiger partial charge is 0.341 e. The average Bonchev–Trinajstić information content (AvgIpc) is 3.91. The Kier molecular flexibility index (Phi) is 13.9. The molecule has 4 atom stereocenters. The molecule has 6 heterocycles. The van der Waals surface area contributed by atoms with Gasteiger partial charge < -0.3 is 51.3 Å². The number of hydrogen-bond donors (Lipinski definition) is 7. The SMILES string of the molecule is CCOC(=O)c1cnc(NC2CCC(C(=O)NCC[C@H](N)C(=O)N3CCN(c4cccc5c4CN(C4CCC(=O)NC4=O)C5=O)CC3)CN2)cc1Nc1cccc(C2=NCN(C)N2)c1OC. The van der Waals surface area contributed by atoms with E-state index >= 15 is 0 Å². The Labute approximate surface area is 382 Å². The van der Waals surface area contributed by atoms with Gasteiger partial charge in [-0.05, 0) is 56.9 Å². The third-order valence-electron chi connectivity index (χ3n) is 12.5. The lowest BCUT2D eigenvalue weighted by atomic mass is 9.96. The molecule has 8 N–H and O–H groups in total. The van der Waals surface area contributed by atoms with Crippen molar-refractivity contribution in [2.24, 2.45) is 16.6 Å². The van der Waals surface area contributed by atoms with E-state index in [-0.39, 0.29) is 73.8 Å². The predicted octanol–water partition coefficient (Wildman–Crippen LogP) is 0.846. The fourth-order valence-electron chi connectivity index (χ4n) is 9.04. The summed E-state index contributed by atoms with van der Waals surface area (Å²) in [4.78, 5) is 91.7. The number of methoxy groups -OCH3 is 1. The molecular weight excluding hydrogens is 851 g/mol. The molecule has 3 unspecified atom stereocenters. The number of hydrogen-bond acceptors (Lipinski definition) is 17. The lowest BCUT2D eigenvalue weighted by Gasteiger charge is -2.38. The Bertz CT molecular complexity index is 2400. The number of amides is 5. The molecule has 350 valence electrons. The van der Waals surface area contributed by atoms with Crippen molar-refractivity contribution in [3.05, 3.63) is 70.9 Å². The number of nitrogens with zero attached hydrogens (tertiary/aromatic N) is 6. The van der Waals surface area contributed by atoms with E-state index in [0.717, 1.165) is 16.8 Å². The maximum Gasteiger partial charge on any atom is 0.341 e. The molecule has 0 spiro atoms. The number of nitrogens with two attached hydrogens (primary N) is 1. The Balaban J connectivity index is 0.791. The second-order valence-corrected chi connectivity index (χ2v) is 16.9. The van der Waals surface area contributed by atoms with Crippen molar-refractivity contribution < 1.29 is 38.2 Å². The number of piperazine rings is 1. The number of nitrogens with one attached hydrogen (secondary N) is 6. The summed E-state index contributed by atoms with van der Waals surface area (Å²) in [7, 11) is 3.46. The fraction of sp³-hybridized carbons (Fsp3) is 0.467. The number of amidine groups is 1. The van der Waals surface area contributed by atoms with Gasteiger partial charge in [0.05, 0.1) is 48.8 Å². The quantitative estimate of drug-likeness (QED) is 0.0824. The van der Waals surface area contributed by atoms with Crippen LogP contribution in [0.5, 0.6) is 5.75 Å². The number of imide groups is 1. The zero-order valence-electron chi connectivity index (χ0n) is 37.4. The zero-order chi connectivity index (χ0) is 46.5. The van der Waals surface area contributed by atoms with Crippen molar-refractivity contribution in [3.63, 3.8) is 0 Å². The van der Waals surface area contributed by atoms with Gasteiger partial charge in [0.25, 0.3) is 5.91 Å². The number of piperidine rings is 2. The van der Waals surface area contributed by atoms with Crippen LogP contribution in [0.3, 0.4) is 0 Å². The third-order valence-corrected chi connectivity index (χ3v) is 12.5. The summed E-state index contributed by atoms with van der Waals surface area (Å²) >= 11 is 0. The van der Waals surface area contributed by atoms with E-state index in [0.29, 0.717) is 93.0 Å². The van der Waals surface area contributed by atoms with E-state index in [1.165, 1.54) is 6.20 Å². The van der Waals surface area contributed by atoms with Gasteiger partial charge in [-0.2, -0.15) is 0 Å². The fourth-order valence-corrected chi connectivity index (χ4v) is 9.04. The number of esters is 1. The molecule has 66 heavy (non-hydrogen) atoms. The number of ether oxygens (including phenoxy) is 2. The monoisotopic (exact) mass is 907 g/mol. The summed E-state index contributed by atoms with van der Waals surface area (Å²) in [6.07, 6.45) is 3.24. The van der Waals surface area contributed by atoms with Crippen LogP contribution in [0.25, 0.3) is 0 Å². The van der Waals surface area contributed by atoms with Gasteiger partial charge in [-0.25, -0.2) is 19.8 Å². The van der Waals surface area contributed by atoms with Gasteiger partial charge in [0.1, 0.15) is 29.9 Å². The number of hydrazine groups is 1. The first-order chi connectivity index (χ1) is 31.9. The van der Waals surface area contributed by atoms with E-state index in [4.69, 9.17) is 15.2 Å². The topological polar surface area (TPSA) is 257 Å². The van der Waals surface area contributed by atoms with E-state index in [1.54, 1.807) is 36.0 Å². The van der Waals surface area contributed by atoms with Crippen LogP contribution in [-0.4, -0.2) is 146 Å². The van der Waals surface area contributed by atoms with Crippen LogP contribution in [0.1, 0.15) is 70.9 Å². The Morgan fingerprint density at radius 3 is 2.50 bits per heavy atom. The van der Waals surface area contributed by atoms with Gasteiger partial charge in [-0.1, -0.05) is 12.1 Å². The molecule has 0 radical (unpaired) electrons. The van der Waals surface area contributed by atoms with Crippen molar-refractivity contribution in [1.82, 2.24) is 41.2 Å². The van der Waals surface area contributed by atoms with Crippen molar-refractivity contribution in [3.8, 4) is 5.75 Å². The Morgan fingerprint density at radius 2 is 1.79 bits per heavy atom. The van der Waals surface area contributed by atoms with Crippen LogP contribution >= 0.6 is 0 Å². The number of anilines is 4. The molecule has 3 fully saturated rings. The zero-order valence-corrected chi connectivity index (χ0v) is 37.4. The second-order valence-electron chi connectivity index (χ2n) is 16.9. The average molecular weight is 908 g/mol. The molecular formula is C45H57N13O8. The van der Waals surface area contributed by atoms with Crippen molar-refractivity contribution >= 4 is 64.2 Å². The number of para-hydroxylation sites is 1. The van der Waals surface area contributed by atoms with E-state index in [9.17, 15) is 28.8 Å². The molecule has 0 bridgehead atoms. The number of carbonyl (C=O) groups excluding carboxylic acids is 6. The third kappa shape index (κ3) is 9.87. The minimum Gasteiger partial charge on any atom is -0.494 e. The van der Waals surface area contributed by atoms with Gasteiger partial charge in [0.15, 0.2) is 5.75 Å². The number of aliphatic imine (C=N–C) groups is 1. The van der Waals surface area contributed by atoms with E-state index in [2.05, 4.69) is 46.9 Å². The molecule has 8 rings (SSSR count). The first kappa shape index (κ1) is 45.7. The first-order valence-electron chi connectivity index (χ1n) is 22.4. The predicted molar refractivity (Wildman–Crippen MR) is 244 cm³/mol. The highest BCUT2D eigenvalue weighted by atomic mass is 16.5. The van der Waals surface area contributed by atoms with Gasteiger partial charge in [0.2, 0.25) is 23.6 Å². The molecule has 5 amide bonds. The number of pyridine rings is 1. The lowest BCUT2D eigenvalue weighted by molar-refractivity contribution is -0.137. The van der Waals surface area contributed by atoms with Crippen LogP contribution in [0.2, 0.25) is 0 Å². The maximum atomic E-state index is 13.4. The molecule has 5 aliphatic rings. The van der Waals surface area contributed by atoms with Crippen LogP contribution in [0.4, 0.5) is 22.9 Å². The highest BCUT2D eigenvalue weighted by Crippen LogP contribution is 2.36. The molecule has 21 nitrogen and oxygen atoms in total. The van der Waals surface area contributed by atoms with Gasteiger partial charge in [-0.15, -0.1) is 0 Å². The molecule has 5 aliphatic heterocycles. The molecule has 1 aromatic heterocycles. The summed E-state index contributed by atoms with van der Waals surface area (Å²) in [5.74, 6) is -0.427. The Morgan fingerprint density at radius 1 is 1.00 bits per heavy atom. The lowest BCUT2D eigenvalue weighted by Crippen LogP contribution is -2.54. The van der Waals surface area contributed by atoms with Gasteiger partial charge >= 0.3 is 5.97 Å². The molecule has 0 aliphatic carbocycles. The second kappa shape index (κ2) is 20.1. The van der Waals surface area contributed by atoms with Crippen molar-refractivity contribution in [2.45, 2.75) is 63.8 Å². The summed E-state index contributed by atoms with van der Waals surface area (Å²) in [5, 5.41) is 17.3. The van der Waals surface area contributed by atoms with Crippen molar-refractivity contribution in [2.75, 3.05) is 82.2 Å². The summed E-state index contributed by atoms with van der Waals surface area (Å²) in [6.45, 7) is 5.31. The molecule has 3 saturated heterocycles. The maximum absolute atomic E-state index is 13.4. The summed E-state index contributed by atoms with van der Waals surface area (Å²) in [6, 6.07) is 11.4. The minimum atomic E-state index is -0.788. The van der Waals surface area contributed by atoms with E-state index in [1.807, 2.05) is 42.4 Å². The van der Waals surface area contributed by atoms with Crippen LogP contribution in [0.15, 0.2) is 53.7 Å². The van der Waals surface area contributed by atoms with Crippen LogP contribution < -0.4 is 47.4 Å². The summed E-state index contributed by atoms with van der Waals surface area (Å²) in [5.41, 5.74) is 13.9. The van der Waals surface area contributed by atoms with Gasteiger partial charge in [0, 0.05) is 88.4 Å². The number of rotatable bonds is 15. The number of carbonyl (C=O) groups is 6. The Hall–Kier alpha value is -6.84. The number of aromatic nitrogens is 1. The molecule has 0 saturated carbocycles. The van der Waals surface area contributed by atoms with Crippen molar-refractivity contribution in [1.29, 1.82) is 0 Å². The normalized spacial score (nSPS) is 21.3. The molecule has 21 heteroatoms. The van der Waals surface area contributed by atoms with E-state index < -0.39 is 24.0 Å². The number of fused-ring (bicyclic) bond motifs is 1. The number of benzene rings is 2. The van der Waals surface area contributed by atoms with Gasteiger partial charge in [-0.3, -0.25) is 34.6 Å². The summed E-state index contributed by atoms with van der Waals surface area (Å²) < 4.78 is 11.1. The molecule has 3 aromatic rings. The highest BCUT2D eigenvalue weighted by Gasteiger charge is 2.41.